The number of alkyl halides is 17. The largest absolute Gasteiger partial charge is 0.460 e. The number of ether oxygens (including phenoxy) is 1. The van der Waals surface area contributed by atoms with Crippen molar-refractivity contribution in [1.82, 2.24) is 0 Å². The maximum atomic E-state index is 14.3. The third kappa shape index (κ3) is 4.36. The van der Waals surface area contributed by atoms with Gasteiger partial charge in [0, 0.05) is 7.11 Å². The van der Waals surface area contributed by atoms with Gasteiger partial charge in [-0.15, -0.1) is 0 Å². The van der Waals surface area contributed by atoms with E-state index in [0.29, 0.717) is 14.0 Å². The Bertz CT molecular complexity index is 906. The van der Waals surface area contributed by atoms with E-state index < -0.39 is 65.2 Å². The molecule has 0 spiro atoms. The van der Waals surface area contributed by atoms with E-state index in [-0.39, 0.29) is 0 Å². The van der Waals surface area contributed by atoms with Gasteiger partial charge in [0.15, 0.2) is 0 Å². The quantitative estimate of drug-likeness (QED) is 0.261. The van der Waals surface area contributed by atoms with Gasteiger partial charge in [0.2, 0.25) is 0 Å². The van der Waals surface area contributed by atoms with Crippen molar-refractivity contribution in [2.75, 3.05) is 7.11 Å². The van der Waals surface area contributed by atoms with Crippen LogP contribution in [0.15, 0.2) is 30.3 Å². The van der Waals surface area contributed by atoms with Gasteiger partial charge in [-0.05, 0) is 12.5 Å². The van der Waals surface area contributed by atoms with Gasteiger partial charge >= 0.3 is 47.6 Å². The molecule has 1 nitrogen and oxygen atoms in total. The molecule has 0 radical (unpaired) electrons. The first-order valence-corrected chi connectivity index (χ1v) is 8.94. The summed E-state index contributed by atoms with van der Waals surface area (Å²) in [5, 5.41) is 0. The summed E-state index contributed by atoms with van der Waals surface area (Å²) in [6, 6.07) is 5.17. The lowest BCUT2D eigenvalue weighted by atomic mass is 9.83. The zero-order valence-corrected chi connectivity index (χ0v) is 17.4. The van der Waals surface area contributed by atoms with Gasteiger partial charge in [-0.25, -0.2) is 0 Å². The normalized spacial score (nSPS) is 17.2. The molecule has 0 bridgehead atoms. The highest BCUT2D eigenvalue weighted by molar-refractivity contribution is 5.23. The number of hydrogen-bond acceptors (Lipinski definition) is 1. The van der Waals surface area contributed by atoms with Crippen LogP contribution in [0.4, 0.5) is 74.6 Å². The van der Waals surface area contributed by atoms with E-state index >= 15 is 0 Å². The Labute approximate surface area is 190 Å². The Kier molecular flexibility index (Phi) is 7.81. The fourth-order valence-corrected chi connectivity index (χ4v) is 2.81. The minimum absolute atomic E-state index is 0.486. The van der Waals surface area contributed by atoms with Gasteiger partial charge in [-0.3, -0.25) is 0 Å². The third-order valence-electron chi connectivity index (χ3n) is 5.18. The van der Waals surface area contributed by atoms with Crippen molar-refractivity contribution < 1.29 is 79.4 Å². The summed E-state index contributed by atoms with van der Waals surface area (Å²) in [6.07, 6.45) is -10.5. The predicted octanol–water partition coefficient (Wildman–Crippen LogP) is 7.95. The Balaban J connectivity index is 3.65. The Morgan fingerprint density at radius 1 is 0.528 bits per heavy atom. The summed E-state index contributed by atoms with van der Waals surface area (Å²) in [6.45, 7) is 0.523. The van der Waals surface area contributed by atoms with E-state index in [0.717, 1.165) is 24.3 Å². The lowest BCUT2D eigenvalue weighted by molar-refractivity contribution is -0.462. The number of benzene rings is 1. The van der Waals surface area contributed by atoms with Crippen LogP contribution < -0.4 is 0 Å². The van der Waals surface area contributed by atoms with Gasteiger partial charge in [0.1, 0.15) is 0 Å². The second-order valence-corrected chi connectivity index (χ2v) is 7.63. The van der Waals surface area contributed by atoms with Gasteiger partial charge < -0.3 is 4.74 Å². The number of methoxy groups -OCH3 is 1. The average Bonchev–Trinajstić information content (AvgIpc) is 2.72. The van der Waals surface area contributed by atoms with Crippen LogP contribution in [-0.4, -0.2) is 54.7 Å². The SMILES string of the molecule is COC(C)(CC(F)(F)C(F)(F)C(F)(F)C(F)(F)C(F)(F)C(F)(F)C(F)(F)C(F)(F)F)c1ccccc1. The molecule has 1 rings (SSSR count). The van der Waals surface area contributed by atoms with Crippen LogP contribution in [0.25, 0.3) is 0 Å². The van der Waals surface area contributed by atoms with E-state index in [1.165, 1.54) is 6.07 Å². The summed E-state index contributed by atoms with van der Waals surface area (Å²) >= 11 is 0. The first kappa shape index (κ1) is 32.0. The summed E-state index contributed by atoms with van der Waals surface area (Å²) in [5.74, 6) is -56.6. The molecular weight excluding hydrogens is 555 g/mol. The van der Waals surface area contributed by atoms with Crippen molar-refractivity contribution in [3.63, 3.8) is 0 Å². The van der Waals surface area contributed by atoms with Crippen LogP contribution in [0.1, 0.15) is 18.9 Å². The van der Waals surface area contributed by atoms with E-state index in [9.17, 15) is 74.6 Å². The first-order valence-electron chi connectivity index (χ1n) is 8.94. The number of hydrogen-bond donors (Lipinski definition) is 0. The molecule has 0 aliphatic carbocycles. The molecule has 210 valence electrons. The lowest BCUT2D eigenvalue weighted by Crippen LogP contribution is -2.74. The Hall–Kier alpha value is -2.01. The molecule has 0 saturated heterocycles. The van der Waals surface area contributed by atoms with Crippen LogP contribution in [0.3, 0.4) is 0 Å². The molecule has 1 aromatic carbocycles. The molecule has 0 amide bonds. The average molecular weight is 568 g/mol. The van der Waals surface area contributed by atoms with Crippen LogP contribution >= 0.6 is 0 Å². The molecule has 0 aliphatic rings. The minimum atomic E-state index is -8.65. The van der Waals surface area contributed by atoms with Gasteiger partial charge in [-0.1, -0.05) is 30.3 Å². The monoisotopic (exact) mass is 568 g/mol. The van der Waals surface area contributed by atoms with Gasteiger partial charge in [0.25, 0.3) is 0 Å². The van der Waals surface area contributed by atoms with E-state index in [1.807, 2.05) is 0 Å². The zero-order chi connectivity index (χ0) is 29.0. The molecule has 0 N–H and O–H groups in total. The smallest absolute Gasteiger partial charge is 0.374 e. The fourth-order valence-electron chi connectivity index (χ4n) is 2.81. The molecule has 1 atom stereocenters. The van der Waals surface area contributed by atoms with Gasteiger partial charge in [-0.2, -0.15) is 74.6 Å². The Morgan fingerprint density at radius 2 is 0.861 bits per heavy atom. The molecular formula is C18H13F17O. The van der Waals surface area contributed by atoms with Gasteiger partial charge in [0.05, 0.1) is 12.0 Å². The molecule has 0 heterocycles. The second kappa shape index (κ2) is 8.79. The molecule has 1 aromatic rings. The highest BCUT2D eigenvalue weighted by Gasteiger charge is 2.95. The summed E-state index contributed by atoms with van der Waals surface area (Å²) in [7, 11) is 0.544. The predicted molar refractivity (Wildman–Crippen MR) is 86.1 cm³/mol. The summed E-state index contributed by atoms with van der Waals surface area (Å²) in [5.41, 5.74) is -3.24. The van der Waals surface area contributed by atoms with Crippen molar-refractivity contribution >= 4 is 0 Å². The molecule has 0 saturated carbocycles. The molecule has 0 fully saturated rings. The summed E-state index contributed by atoms with van der Waals surface area (Å²) in [4.78, 5) is 0. The van der Waals surface area contributed by atoms with Crippen molar-refractivity contribution in [3.8, 4) is 0 Å². The van der Waals surface area contributed by atoms with Crippen molar-refractivity contribution in [2.45, 2.75) is 66.6 Å². The van der Waals surface area contributed by atoms with Crippen molar-refractivity contribution in [3.05, 3.63) is 35.9 Å². The maximum absolute atomic E-state index is 14.3. The molecule has 1 unspecified atom stereocenters. The molecule has 0 aliphatic heterocycles. The first-order chi connectivity index (χ1) is 15.6. The van der Waals surface area contributed by atoms with E-state index in [2.05, 4.69) is 4.74 Å². The zero-order valence-electron chi connectivity index (χ0n) is 17.4. The lowest BCUT2D eigenvalue weighted by Gasteiger charge is -2.44. The summed E-state index contributed by atoms with van der Waals surface area (Å²) < 4.78 is 232. The topological polar surface area (TPSA) is 9.23 Å². The third-order valence-corrected chi connectivity index (χ3v) is 5.18. The molecule has 36 heavy (non-hydrogen) atoms. The van der Waals surface area contributed by atoms with Crippen molar-refractivity contribution in [2.24, 2.45) is 0 Å². The Morgan fingerprint density at radius 3 is 1.19 bits per heavy atom. The second-order valence-electron chi connectivity index (χ2n) is 7.63. The van der Waals surface area contributed by atoms with Crippen LogP contribution in [-0.2, 0) is 10.3 Å². The van der Waals surface area contributed by atoms with Crippen molar-refractivity contribution in [1.29, 1.82) is 0 Å². The van der Waals surface area contributed by atoms with Crippen LogP contribution in [0, 0.1) is 0 Å². The minimum Gasteiger partial charge on any atom is -0.374 e. The fraction of sp³-hybridized carbons (Fsp3) is 0.667. The number of halogens is 17. The van der Waals surface area contributed by atoms with E-state index in [1.54, 1.807) is 0 Å². The van der Waals surface area contributed by atoms with Crippen LogP contribution in [0.5, 0.6) is 0 Å². The highest BCUT2D eigenvalue weighted by atomic mass is 19.4. The molecule has 18 heteroatoms. The van der Waals surface area contributed by atoms with Crippen LogP contribution in [0.2, 0.25) is 0 Å². The maximum Gasteiger partial charge on any atom is 0.460 e. The highest BCUT2D eigenvalue weighted by Crippen LogP contribution is 2.64. The standard InChI is InChI=1S/C18H13F17O/c1-10(36-2,9-6-4-3-5-7-9)8-11(19,20)12(21,22)13(23,24)14(25,26)15(27,28)16(29,30)17(31,32)18(33,34)35/h3-7H,8H2,1-2H3. The molecule has 0 aromatic heterocycles. The van der Waals surface area contributed by atoms with E-state index in [4.69, 9.17) is 0 Å². The number of rotatable bonds is 10.